The molecule has 1 heterocycles. The predicted octanol–water partition coefficient (Wildman–Crippen LogP) is 0.971. The molecule has 2 N–H and O–H groups in total. The van der Waals surface area contributed by atoms with Crippen LogP contribution < -0.4 is 5.32 Å². The van der Waals surface area contributed by atoms with Gasteiger partial charge < -0.3 is 10.4 Å². The number of hydrogen-bond donors (Lipinski definition) is 2. The summed E-state index contributed by atoms with van der Waals surface area (Å²) in [4.78, 5) is 28.1. The maximum atomic E-state index is 11.6. The number of nitrogens with zero attached hydrogens (tertiary/aromatic N) is 2. The van der Waals surface area contributed by atoms with E-state index in [0.717, 1.165) is 15.2 Å². The van der Waals surface area contributed by atoms with Gasteiger partial charge in [0.25, 0.3) is 0 Å². The Labute approximate surface area is 126 Å². The number of thiazole rings is 1. The summed E-state index contributed by atoms with van der Waals surface area (Å²) in [5, 5.41) is 12.4. The molecule has 1 aromatic carbocycles. The Morgan fingerprint density at radius 3 is 2.81 bits per heavy atom. The number of aromatic nitrogens is 1. The van der Waals surface area contributed by atoms with Gasteiger partial charge >= 0.3 is 5.97 Å². The third-order valence-corrected chi connectivity index (χ3v) is 3.91. The van der Waals surface area contributed by atoms with Crippen LogP contribution in [0, 0.1) is 0 Å². The Balaban J connectivity index is 1.76. The molecule has 0 atom stereocenters. The normalized spacial score (nSPS) is 11.0. The second kappa shape index (κ2) is 7.14. The number of carbonyl (C=O) groups excluding carboxylic acids is 1. The highest BCUT2D eigenvalue weighted by atomic mass is 32.1. The summed E-state index contributed by atoms with van der Waals surface area (Å²) in [5.74, 6) is -1.13. The van der Waals surface area contributed by atoms with Crippen molar-refractivity contribution in [2.24, 2.45) is 0 Å². The molecule has 0 aliphatic rings. The topological polar surface area (TPSA) is 82.5 Å². The maximum Gasteiger partial charge on any atom is 0.317 e. The van der Waals surface area contributed by atoms with Crippen LogP contribution in [-0.4, -0.2) is 53.5 Å². The molecule has 0 saturated heterocycles. The lowest BCUT2D eigenvalue weighted by molar-refractivity contribution is -0.138. The van der Waals surface area contributed by atoms with Crippen LogP contribution in [0.15, 0.2) is 24.3 Å². The first kappa shape index (κ1) is 15.4. The third kappa shape index (κ3) is 4.80. The van der Waals surface area contributed by atoms with Crippen LogP contribution in [0.5, 0.6) is 0 Å². The molecule has 2 rings (SSSR count). The number of hydrogen-bond acceptors (Lipinski definition) is 5. The SMILES string of the molecule is CN(CC(=O)O)CC(=O)NCCc1nc2ccccc2s1. The molecule has 1 aromatic heterocycles. The molecule has 2 aromatic rings. The zero-order chi connectivity index (χ0) is 15.2. The summed E-state index contributed by atoms with van der Waals surface area (Å²) in [6.45, 7) is 0.428. The molecule has 0 unspecified atom stereocenters. The van der Waals surface area contributed by atoms with Crippen molar-refractivity contribution < 1.29 is 14.7 Å². The van der Waals surface area contributed by atoms with Crippen LogP contribution in [0.25, 0.3) is 10.2 Å². The van der Waals surface area contributed by atoms with E-state index in [1.54, 1.807) is 18.4 Å². The Morgan fingerprint density at radius 1 is 1.33 bits per heavy atom. The van der Waals surface area contributed by atoms with Crippen LogP contribution in [0.1, 0.15) is 5.01 Å². The molecule has 112 valence electrons. The largest absolute Gasteiger partial charge is 0.480 e. The van der Waals surface area contributed by atoms with Crippen LogP contribution in [0.4, 0.5) is 0 Å². The molecular formula is C14H17N3O3S. The Hall–Kier alpha value is -1.99. The first-order valence-corrected chi connectivity index (χ1v) is 7.38. The number of carboxylic acid groups (broad SMARTS) is 1. The van der Waals surface area contributed by atoms with E-state index in [-0.39, 0.29) is 19.0 Å². The molecule has 21 heavy (non-hydrogen) atoms. The average molecular weight is 307 g/mol. The zero-order valence-corrected chi connectivity index (χ0v) is 12.5. The highest BCUT2D eigenvalue weighted by Gasteiger charge is 2.09. The van der Waals surface area contributed by atoms with E-state index in [2.05, 4.69) is 10.3 Å². The Kier molecular flexibility index (Phi) is 5.24. The van der Waals surface area contributed by atoms with Crippen LogP contribution in [0.3, 0.4) is 0 Å². The zero-order valence-electron chi connectivity index (χ0n) is 11.7. The summed E-state index contributed by atoms with van der Waals surface area (Å²) in [7, 11) is 1.60. The van der Waals surface area contributed by atoms with Gasteiger partial charge in [0.05, 0.1) is 28.3 Å². The second-order valence-corrected chi connectivity index (χ2v) is 5.86. The lowest BCUT2D eigenvalue weighted by Crippen LogP contribution is -2.38. The van der Waals surface area contributed by atoms with Crippen molar-refractivity contribution >= 4 is 33.4 Å². The molecule has 0 aliphatic carbocycles. The molecule has 0 saturated carbocycles. The van der Waals surface area contributed by atoms with Crippen molar-refractivity contribution in [2.75, 3.05) is 26.7 Å². The van der Waals surface area contributed by atoms with E-state index in [0.29, 0.717) is 13.0 Å². The van der Waals surface area contributed by atoms with Crippen LogP contribution in [0.2, 0.25) is 0 Å². The Morgan fingerprint density at radius 2 is 2.10 bits per heavy atom. The molecule has 0 aliphatic heterocycles. The number of amides is 1. The van der Waals surface area contributed by atoms with Gasteiger partial charge in [0, 0.05) is 13.0 Å². The van der Waals surface area contributed by atoms with E-state index in [4.69, 9.17) is 5.11 Å². The molecule has 0 bridgehead atoms. The maximum absolute atomic E-state index is 11.6. The fourth-order valence-electron chi connectivity index (χ4n) is 1.92. The molecule has 7 heteroatoms. The average Bonchev–Trinajstić information content (AvgIpc) is 2.79. The number of nitrogens with one attached hydrogen (secondary N) is 1. The summed E-state index contributed by atoms with van der Waals surface area (Å²) in [6.07, 6.45) is 0.674. The van der Waals surface area contributed by atoms with Gasteiger partial charge in [-0.25, -0.2) is 4.98 Å². The van der Waals surface area contributed by atoms with Gasteiger partial charge in [-0.2, -0.15) is 0 Å². The summed E-state index contributed by atoms with van der Waals surface area (Å²) >= 11 is 1.62. The number of likely N-dealkylation sites (N-methyl/N-ethyl adjacent to an activating group) is 1. The molecule has 0 radical (unpaired) electrons. The van der Waals surface area contributed by atoms with E-state index in [1.807, 2.05) is 24.3 Å². The fourth-order valence-corrected chi connectivity index (χ4v) is 2.89. The van der Waals surface area contributed by atoms with Crippen LogP contribution in [-0.2, 0) is 16.0 Å². The van der Waals surface area contributed by atoms with E-state index < -0.39 is 5.97 Å². The number of fused-ring (bicyclic) bond motifs is 1. The lowest BCUT2D eigenvalue weighted by atomic mass is 10.3. The van der Waals surface area contributed by atoms with Gasteiger partial charge in [-0.3, -0.25) is 14.5 Å². The smallest absolute Gasteiger partial charge is 0.317 e. The van der Waals surface area contributed by atoms with Crippen molar-refractivity contribution in [1.82, 2.24) is 15.2 Å². The predicted molar refractivity (Wildman–Crippen MR) is 81.5 cm³/mol. The number of aliphatic carboxylic acids is 1. The van der Waals surface area contributed by atoms with Gasteiger partial charge in [0.2, 0.25) is 5.91 Å². The lowest BCUT2D eigenvalue weighted by Gasteiger charge is -2.13. The van der Waals surface area contributed by atoms with Crippen molar-refractivity contribution in [1.29, 1.82) is 0 Å². The number of carbonyl (C=O) groups is 2. The summed E-state index contributed by atoms with van der Waals surface area (Å²) < 4.78 is 1.14. The summed E-state index contributed by atoms with van der Waals surface area (Å²) in [6, 6.07) is 7.92. The van der Waals surface area contributed by atoms with Gasteiger partial charge in [-0.05, 0) is 19.2 Å². The van der Waals surface area contributed by atoms with Crippen molar-refractivity contribution in [3.63, 3.8) is 0 Å². The van der Waals surface area contributed by atoms with Gasteiger partial charge in [0.15, 0.2) is 0 Å². The molecule has 1 amide bonds. The number of rotatable bonds is 7. The van der Waals surface area contributed by atoms with Gasteiger partial charge in [-0.15, -0.1) is 11.3 Å². The minimum absolute atomic E-state index is 0.0755. The van der Waals surface area contributed by atoms with E-state index >= 15 is 0 Å². The minimum Gasteiger partial charge on any atom is -0.480 e. The number of carboxylic acids is 1. The molecule has 0 fully saturated rings. The van der Waals surface area contributed by atoms with Gasteiger partial charge in [0.1, 0.15) is 0 Å². The van der Waals surface area contributed by atoms with Crippen LogP contribution >= 0.6 is 11.3 Å². The monoisotopic (exact) mass is 307 g/mol. The number of para-hydroxylation sites is 1. The standard InChI is InChI=1S/C14H17N3O3S/c1-17(9-14(19)20)8-12(18)15-7-6-13-16-10-4-2-3-5-11(10)21-13/h2-5H,6-9H2,1H3,(H,15,18)(H,19,20). The number of benzene rings is 1. The summed E-state index contributed by atoms with van der Waals surface area (Å²) in [5.41, 5.74) is 0.977. The highest BCUT2D eigenvalue weighted by molar-refractivity contribution is 7.18. The van der Waals surface area contributed by atoms with Crippen molar-refractivity contribution in [2.45, 2.75) is 6.42 Å². The van der Waals surface area contributed by atoms with E-state index in [9.17, 15) is 9.59 Å². The highest BCUT2D eigenvalue weighted by Crippen LogP contribution is 2.21. The van der Waals surface area contributed by atoms with Crippen molar-refractivity contribution in [3.05, 3.63) is 29.3 Å². The quantitative estimate of drug-likeness (QED) is 0.796. The second-order valence-electron chi connectivity index (χ2n) is 4.74. The van der Waals surface area contributed by atoms with E-state index in [1.165, 1.54) is 4.90 Å². The first-order chi connectivity index (χ1) is 10.0. The first-order valence-electron chi connectivity index (χ1n) is 6.56. The minimum atomic E-state index is -0.945. The molecular weight excluding hydrogens is 290 g/mol. The Bertz CT molecular complexity index is 608. The third-order valence-electron chi connectivity index (χ3n) is 2.82. The molecule has 6 nitrogen and oxygen atoms in total. The fraction of sp³-hybridized carbons (Fsp3) is 0.357. The van der Waals surface area contributed by atoms with Gasteiger partial charge in [-0.1, -0.05) is 12.1 Å². The van der Waals surface area contributed by atoms with Crippen molar-refractivity contribution in [3.8, 4) is 0 Å². The molecule has 0 spiro atoms.